The van der Waals surface area contributed by atoms with E-state index in [2.05, 4.69) is 9.97 Å². The minimum Gasteiger partial charge on any atom is -0.478 e. The molecular formula is C11H6ClFN2O3. The van der Waals surface area contributed by atoms with Crippen LogP contribution in [0.5, 0.6) is 11.6 Å². The molecule has 0 fully saturated rings. The predicted octanol–water partition coefficient (Wildman–Crippen LogP) is 2.76. The van der Waals surface area contributed by atoms with Gasteiger partial charge in [-0.25, -0.2) is 9.18 Å². The third-order valence-corrected chi connectivity index (χ3v) is 2.15. The molecule has 0 amide bonds. The van der Waals surface area contributed by atoms with E-state index in [0.29, 0.717) is 0 Å². The second kappa shape index (κ2) is 4.97. The summed E-state index contributed by atoms with van der Waals surface area (Å²) in [5.74, 6) is -1.99. The fourth-order valence-corrected chi connectivity index (χ4v) is 1.39. The highest BCUT2D eigenvalue weighted by atomic mass is 35.5. The average molecular weight is 269 g/mol. The van der Waals surface area contributed by atoms with Gasteiger partial charge >= 0.3 is 5.97 Å². The van der Waals surface area contributed by atoms with Gasteiger partial charge in [-0.15, -0.1) is 0 Å². The van der Waals surface area contributed by atoms with Crippen LogP contribution >= 0.6 is 11.6 Å². The van der Waals surface area contributed by atoms with Gasteiger partial charge in [0.05, 0.1) is 12.4 Å². The van der Waals surface area contributed by atoms with E-state index < -0.39 is 11.8 Å². The van der Waals surface area contributed by atoms with Gasteiger partial charge in [-0.1, -0.05) is 11.6 Å². The number of aromatic nitrogens is 2. The quantitative estimate of drug-likeness (QED) is 0.927. The highest BCUT2D eigenvalue weighted by molar-refractivity contribution is 6.29. The molecule has 2 rings (SSSR count). The maximum Gasteiger partial charge on any atom is 0.339 e. The van der Waals surface area contributed by atoms with Crippen molar-refractivity contribution < 1.29 is 19.0 Å². The Morgan fingerprint density at radius 1 is 1.39 bits per heavy atom. The lowest BCUT2D eigenvalue weighted by molar-refractivity contribution is 0.0693. The van der Waals surface area contributed by atoms with E-state index >= 15 is 0 Å². The second-order valence-electron chi connectivity index (χ2n) is 3.23. The van der Waals surface area contributed by atoms with Crippen molar-refractivity contribution in [1.29, 1.82) is 0 Å². The Hall–Kier alpha value is -2.21. The molecule has 0 bridgehead atoms. The maximum atomic E-state index is 12.9. The van der Waals surface area contributed by atoms with Crippen LogP contribution in [0.2, 0.25) is 5.15 Å². The summed E-state index contributed by atoms with van der Waals surface area (Å²) < 4.78 is 18.1. The third kappa shape index (κ3) is 2.72. The summed E-state index contributed by atoms with van der Waals surface area (Å²) >= 11 is 5.61. The summed E-state index contributed by atoms with van der Waals surface area (Å²) in [6, 6.07) is 3.14. The molecular weight excluding hydrogens is 263 g/mol. The van der Waals surface area contributed by atoms with Crippen molar-refractivity contribution >= 4 is 17.6 Å². The number of rotatable bonds is 3. The van der Waals surface area contributed by atoms with Gasteiger partial charge in [0.2, 0.25) is 5.88 Å². The fourth-order valence-electron chi connectivity index (χ4n) is 1.25. The van der Waals surface area contributed by atoms with Crippen LogP contribution in [0.15, 0.2) is 30.6 Å². The summed E-state index contributed by atoms with van der Waals surface area (Å²) in [7, 11) is 0. The van der Waals surface area contributed by atoms with Gasteiger partial charge in [0, 0.05) is 0 Å². The van der Waals surface area contributed by atoms with Gasteiger partial charge < -0.3 is 9.84 Å². The minimum atomic E-state index is -1.31. The van der Waals surface area contributed by atoms with E-state index in [0.717, 1.165) is 12.1 Å². The molecule has 92 valence electrons. The number of halogens is 2. The van der Waals surface area contributed by atoms with Crippen LogP contribution in [0.1, 0.15) is 10.4 Å². The topological polar surface area (TPSA) is 72.3 Å². The van der Waals surface area contributed by atoms with Gasteiger partial charge in [-0.2, -0.15) is 4.98 Å². The number of carboxylic acids is 1. The summed E-state index contributed by atoms with van der Waals surface area (Å²) in [5.41, 5.74) is -0.309. The molecule has 0 saturated heterocycles. The molecule has 7 heteroatoms. The molecule has 0 atom stereocenters. The summed E-state index contributed by atoms with van der Waals surface area (Å²) in [6.45, 7) is 0. The summed E-state index contributed by atoms with van der Waals surface area (Å²) in [6.07, 6.45) is 2.57. The van der Waals surface area contributed by atoms with Gasteiger partial charge in [0.1, 0.15) is 17.1 Å². The first-order chi connectivity index (χ1) is 8.56. The van der Waals surface area contributed by atoms with E-state index in [1.165, 1.54) is 18.5 Å². The molecule has 1 aromatic carbocycles. The molecule has 5 nitrogen and oxygen atoms in total. The second-order valence-corrected chi connectivity index (χ2v) is 3.61. The lowest BCUT2D eigenvalue weighted by atomic mass is 10.2. The van der Waals surface area contributed by atoms with E-state index in [1.54, 1.807) is 0 Å². The number of carboxylic acid groups (broad SMARTS) is 1. The SMILES string of the molecule is O=C(O)c1cc(F)ccc1Oc1cncc(Cl)n1. The predicted molar refractivity (Wildman–Crippen MR) is 60.5 cm³/mol. The lowest BCUT2D eigenvalue weighted by Crippen LogP contribution is -2.01. The molecule has 0 aliphatic heterocycles. The Morgan fingerprint density at radius 2 is 2.17 bits per heavy atom. The van der Waals surface area contributed by atoms with Crippen LogP contribution in [0, 0.1) is 5.82 Å². The number of hydrogen-bond acceptors (Lipinski definition) is 4. The Morgan fingerprint density at radius 3 is 2.83 bits per heavy atom. The molecule has 0 aliphatic carbocycles. The largest absolute Gasteiger partial charge is 0.478 e. The molecule has 0 aliphatic rings. The standard InChI is InChI=1S/C11H6ClFN2O3/c12-9-4-14-5-10(15-9)18-8-2-1-6(13)3-7(8)11(16)17/h1-5H,(H,16,17). The highest BCUT2D eigenvalue weighted by Gasteiger charge is 2.14. The van der Waals surface area contributed by atoms with E-state index in [9.17, 15) is 9.18 Å². The molecule has 18 heavy (non-hydrogen) atoms. The van der Waals surface area contributed by atoms with Crippen molar-refractivity contribution in [3.8, 4) is 11.6 Å². The van der Waals surface area contributed by atoms with Gasteiger partial charge in [0.25, 0.3) is 0 Å². The van der Waals surface area contributed by atoms with Crippen LogP contribution in [-0.2, 0) is 0 Å². The Bertz CT molecular complexity index is 607. The molecule has 1 heterocycles. The highest BCUT2D eigenvalue weighted by Crippen LogP contribution is 2.25. The first-order valence-corrected chi connectivity index (χ1v) is 5.12. The number of benzene rings is 1. The van der Waals surface area contributed by atoms with Crippen LogP contribution in [0.4, 0.5) is 4.39 Å². The Kier molecular flexibility index (Phi) is 3.38. The first-order valence-electron chi connectivity index (χ1n) is 4.74. The smallest absolute Gasteiger partial charge is 0.339 e. The summed E-state index contributed by atoms with van der Waals surface area (Å²) in [4.78, 5) is 18.4. The molecule has 0 saturated carbocycles. The van der Waals surface area contributed by atoms with Crippen LogP contribution < -0.4 is 4.74 Å². The zero-order valence-electron chi connectivity index (χ0n) is 8.80. The van der Waals surface area contributed by atoms with Crippen LogP contribution in [-0.4, -0.2) is 21.0 Å². The molecule has 1 aromatic heterocycles. The molecule has 2 aromatic rings. The number of nitrogens with zero attached hydrogens (tertiary/aromatic N) is 2. The number of aromatic carboxylic acids is 1. The van der Waals surface area contributed by atoms with Crippen molar-refractivity contribution in [2.45, 2.75) is 0 Å². The minimum absolute atomic E-state index is 0.0246. The van der Waals surface area contributed by atoms with E-state index in [4.69, 9.17) is 21.4 Å². The zero-order valence-corrected chi connectivity index (χ0v) is 9.56. The molecule has 0 spiro atoms. The monoisotopic (exact) mass is 268 g/mol. The van der Waals surface area contributed by atoms with Gasteiger partial charge in [-0.3, -0.25) is 4.98 Å². The third-order valence-electron chi connectivity index (χ3n) is 1.97. The summed E-state index contributed by atoms with van der Waals surface area (Å²) in [5, 5.41) is 9.02. The van der Waals surface area contributed by atoms with Crippen molar-refractivity contribution in [3.05, 3.63) is 47.1 Å². The van der Waals surface area contributed by atoms with E-state index in [1.807, 2.05) is 0 Å². The van der Waals surface area contributed by atoms with Crippen LogP contribution in [0.25, 0.3) is 0 Å². The lowest BCUT2D eigenvalue weighted by Gasteiger charge is -2.07. The van der Waals surface area contributed by atoms with Crippen molar-refractivity contribution in [3.63, 3.8) is 0 Å². The van der Waals surface area contributed by atoms with Gasteiger partial charge in [0.15, 0.2) is 5.15 Å². The Balaban J connectivity index is 2.37. The van der Waals surface area contributed by atoms with Crippen molar-refractivity contribution in [2.75, 3.05) is 0 Å². The van der Waals surface area contributed by atoms with Crippen molar-refractivity contribution in [2.24, 2.45) is 0 Å². The number of hydrogen-bond donors (Lipinski definition) is 1. The molecule has 0 unspecified atom stereocenters. The Labute approximate surface area is 106 Å². The van der Waals surface area contributed by atoms with Crippen molar-refractivity contribution in [1.82, 2.24) is 9.97 Å². The number of ether oxygens (including phenoxy) is 1. The zero-order chi connectivity index (χ0) is 13.1. The van der Waals surface area contributed by atoms with Crippen LogP contribution in [0.3, 0.4) is 0 Å². The fraction of sp³-hybridized carbons (Fsp3) is 0. The van der Waals surface area contributed by atoms with E-state index in [-0.39, 0.29) is 22.3 Å². The van der Waals surface area contributed by atoms with Gasteiger partial charge in [-0.05, 0) is 18.2 Å². The number of carbonyl (C=O) groups is 1. The average Bonchev–Trinajstić information content (AvgIpc) is 2.31. The molecule has 0 radical (unpaired) electrons. The first kappa shape index (κ1) is 12.3. The normalized spacial score (nSPS) is 10.1. The molecule has 1 N–H and O–H groups in total. The maximum absolute atomic E-state index is 12.9.